The Bertz CT molecular complexity index is 1200. The molecule has 0 fully saturated rings. The third kappa shape index (κ3) is 3.86. The van der Waals surface area contributed by atoms with Gasteiger partial charge in [-0.1, -0.05) is 66.7 Å². The molecule has 1 unspecified atom stereocenters. The van der Waals surface area contributed by atoms with Gasteiger partial charge in [-0.3, -0.25) is 0 Å². The van der Waals surface area contributed by atoms with E-state index in [1.165, 1.54) is 11.3 Å². The minimum absolute atomic E-state index is 0.178. The van der Waals surface area contributed by atoms with E-state index in [1.807, 2.05) is 72.8 Å². The van der Waals surface area contributed by atoms with Crippen molar-refractivity contribution in [2.24, 2.45) is 0 Å². The van der Waals surface area contributed by atoms with E-state index in [9.17, 15) is 13.5 Å². The second kappa shape index (κ2) is 7.85. The Labute approximate surface area is 168 Å². The van der Waals surface area contributed by atoms with Gasteiger partial charge in [0, 0.05) is 21.7 Å². The second-order valence-electron chi connectivity index (χ2n) is 6.42. The number of aliphatic hydroxyl groups excluding tert-OH is 1. The number of sulfonamides is 1. The molecule has 0 aliphatic rings. The first-order valence-electron chi connectivity index (χ1n) is 8.84. The van der Waals surface area contributed by atoms with Gasteiger partial charge in [0.05, 0.1) is 4.90 Å². The van der Waals surface area contributed by atoms with E-state index in [1.54, 1.807) is 12.1 Å². The van der Waals surface area contributed by atoms with Crippen molar-refractivity contribution in [1.29, 1.82) is 0 Å². The predicted molar refractivity (Wildman–Crippen MR) is 113 cm³/mol. The van der Waals surface area contributed by atoms with Crippen LogP contribution in [-0.4, -0.2) is 13.5 Å². The first-order valence-corrected chi connectivity index (χ1v) is 11.1. The van der Waals surface area contributed by atoms with E-state index < -0.39 is 16.1 Å². The highest BCUT2D eigenvalue weighted by Gasteiger charge is 2.18. The van der Waals surface area contributed by atoms with Crippen molar-refractivity contribution in [1.82, 2.24) is 4.72 Å². The van der Waals surface area contributed by atoms with Crippen LogP contribution in [0.2, 0.25) is 0 Å². The molecule has 4 aromatic rings. The van der Waals surface area contributed by atoms with Gasteiger partial charge in [0.25, 0.3) is 0 Å². The molecule has 0 radical (unpaired) electrons. The van der Waals surface area contributed by atoms with Crippen LogP contribution in [0.4, 0.5) is 0 Å². The van der Waals surface area contributed by atoms with Crippen molar-refractivity contribution in [3.05, 3.63) is 100 Å². The average molecular weight is 410 g/mol. The van der Waals surface area contributed by atoms with Gasteiger partial charge in [-0.25, -0.2) is 13.1 Å². The van der Waals surface area contributed by atoms with Crippen molar-refractivity contribution >= 4 is 32.1 Å². The summed E-state index contributed by atoms with van der Waals surface area (Å²) < 4.78 is 28.3. The lowest BCUT2D eigenvalue weighted by molar-refractivity contribution is 0.224. The fourth-order valence-corrected chi connectivity index (χ4v) is 5.40. The predicted octanol–water partition coefficient (Wildman–Crippen LogP) is 4.46. The zero-order valence-electron chi connectivity index (χ0n) is 14.9. The number of benzene rings is 3. The number of hydrogen-bond donors (Lipinski definition) is 2. The van der Waals surface area contributed by atoms with Crippen LogP contribution in [0.25, 0.3) is 10.8 Å². The van der Waals surface area contributed by atoms with Crippen molar-refractivity contribution < 1.29 is 13.5 Å². The molecule has 4 rings (SSSR count). The smallest absolute Gasteiger partial charge is 0.241 e. The molecule has 6 heteroatoms. The molecule has 0 saturated heterocycles. The van der Waals surface area contributed by atoms with Gasteiger partial charge >= 0.3 is 0 Å². The van der Waals surface area contributed by atoms with E-state index in [2.05, 4.69) is 4.72 Å². The molecule has 28 heavy (non-hydrogen) atoms. The zero-order valence-corrected chi connectivity index (χ0v) is 16.6. The standard InChI is InChI=1S/C22H19NO3S2/c24-22(17-8-2-1-3-9-17)20-14-13-18(27-20)15-23-28(25,26)21-12-6-10-16-7-4-5-11-19(16)21/h1-14,22-24H,15H2. The molecule has 3 aromatic carbocycles. The van der Waals surface area contributed by atoms with Crippen molar-refractivity contribution in [2.75, 3.05) is 0 Å². The molecular formula is C22H19NO3S2. The molecule has 1 aromatic heterocycles. The summed E-state index contributed by atoms with van der Waals surface area (Å²) in [6.07, 6.45) is -0.713. The zero-order chi connectivity index (χ0) is 19.6. The quantitative estimate of drug-likeness (QED) is 0.494. The van der Waals surface area contributed by atoms with Crippen molar-refractivity contribution in [3.63, 3.8) is 0 Å². The van der Waals surface area contributed by atoms with Gasteiger partial charge < -0.3 is 5.11 Å². The number of fused-ring (bicyclic) bond motifs is 1. The van der Waals surface area contributed by atoms with Gasteiger partial charge in [-0.2, -0.15) is 0 Å². The fourth-order valence-electron chi connectivity index (χ4n) is 3.11. The molecule has 0 aliphatic heterocycles. The van der Waals surface area contributed by atoms with Gasteiger partial charge in [0.1, 0.15) is 6.10 Å². The molecular weight excluding hydrogens is 390 g/mol. The molecule has 0 spiro atoms. The van der Waals surface area contributed by atoms with Crippen LogP contribution in [0, 0.1) is 0 Å². The summed E-state index contributed by atoms with van der Waals surface area (Å²) in [6.45, 7) is 0.178. The SMILES string of the molecule is O=S(=O)(NCc1ccc(C(O)c2ccccc2)s1)c1cccc2ccccc12. The maximum absolute atomic E-state index is 12.8. The maximum Gasteiger partial charge on any atom is 0.241 e. The first-order chi connectivity index (χ1) is 13.5. The third-order valence-electron chi connectivity index (χ3n) is 4.54. The lowest BCUT2D eigenvalue weighted by Gasteiger charge is -2.09. The Morgan fingerprint density at radius 3 is 2.39 bits per heavy atom. The van der Waals surface area contributed by atoms with Gasteiger partial charge in [-0.15, -0.1) is 11.3 Å². The van der Waals surface area contributed by atoms with Crippen molar-refractivity contribution in [2.45, 2.75) is 17.5 Å². The van der Waals surface area contributed by atoms with Crippen molar-refractivity contribution in [3.8, 4) is 0 Å². The van der Waals surface area contributed by atoms with Gasteiger partial charge in [0.15, 0.2) is 0 Å². The molecule has 4 nitrogen and oxygen atoms in total. The Morgan fingerprint density at radius 1 is 0.857 bits per heavy atom. The van der Waals surface area contributed by atoms with Gasteiger partial charge in [-0.05, 0) is 29.1 Å². The van der Waals surface area contributed by atoms with E-state index in [0.717, 1.165) is 20.7 Å². The van der Waals surface area contributed by atoms with Crippen LogP contribution in [0.3, 0.4) is 0 Å². The van der Waals surface area contributed by atoms with E-state index in [0.29, 0.717) is 5.39 Å². The minimum Gasteiger partial charge on any atom is -0.383 e. The van der Waals surface area contributed by atoms with Crippen LogP contribution >= 0.6 is 11.3 Å². The molecule has 2 N–H and O–H groups in total. The van der Waals surface area contributed by atoms with Gasteiger partial charge in [0.2, 0.25) is 10.0 Å². The molecule has 0 saturated carbocycles. The average Bonchev–Trinajstić information content (AvgIpc) is 3.21. The number of nitrogens with one attached hydrogen (secondary N) is 1. The summed E-state index contributed by atoms with van der Waals surface area (Å²) in [7, 11) is -3.65. The summed E-state index contributed by atoms with van der Waals surface area (Å²) in [4.78, 5) is 1.89. The Kier molecular flexibility index (Phi) is 5.28. The van der Waals surface area contributed by atoms with E-state index in [-0.39, 0.29) is 11.4 Å². The van der Waals surface area contributed by atoms with E-state index >= 15 is 0 Å². The van der Waals surface area contributed by atoms with Crippen LogP contribution in [0.15, 0.2) is 89.8 Å². The molecule has 0 bridgehead atoms. The molecule has 0 amide bonds. The maximum atomic E-state index is 12.8. The number of thiophene rings is 1. The van der Waals surface area contributed by atoms with Crippen LogP contribution in [0.5, 0.6) is 0 Å². The van der Waals surface area contributed by atoms with Crippen LogP contribution < -0.4 is 4.72 Å². The number of aliphatic hydroxyl groups is 1. The highest BCUT2D eigenvalue weighted by molar-refractivity contribution is 7.89. The number of rotatable bonds is 6. The van der Waals surface area contributed by atoms with E-state index in [4.69, 9.17) is 0 Å². The highest BCUT2D eigenvalue weighted by Crippen LogP contribution is 2.29. The minimum atomic E-state index is -3.65. The fraction of sp³-hybridized carbons (Fsp3) is 0.0909. The summed E-state index contributed by atoms with van der Waals surface area (Å²) in [5.74, 6) is 0. The summed E-state index contributed by atoms with van der Waals surface area (Å²) in [5, 5.41) is 12.1. The Morgan fingerprint density at radius 2 is 1.57 bits per heavy atom. The molecule has 1 atom stereocenters. The number of hydrogen-bond acceptors (Lipinski definition) is 4. The monoisotopic (exact) mass is 409 g/mol. The normalized spacial score (nSPS) is 12.9. The summed E-state index contributed by atoms with van der Waals surface area (Å²) in [5.41, 5.74) is 0.812. The Balaban J connectivity index is 1.52. The lowest BCUT2D eigenvalue weighted by Crippen LogP contribution is -2.23. The summed E-state index contributed by atoms with van der Waals surface area (Å²) in [6, 6.07) is 25.8. The molecule has 142 valence electrons. The topological polar surface area (TPSA) is 66.4 Å². The largest absolute Gasteiger partial charge is 0.383 e. The first kappa shape index (κ1) is 18.8. The lowest BCUT2D eigenvalue weighted by atomic mass is 10.1. The third-order valence-corrected chi connectivity index (χ3v) is 7.14. The molecule has 1 heterocycles. The highest BCUT2D eigenvalue weighted by atomic mass is 32.2. The second-order valence-corrected chi connectivity index (χ2v) is 9.35. The molecule has 0 aliphatic carbocycles. The van der Waals surface area contributed by atoms with Crippen LogP contribution in [0.1, 0.15) is 21.4 Å². The summed E-state index contributed by atoms with van der Waals surface area (Å²) >= 11 is 1.40. The Hall–Kier alpha value is -2.51. The van der Waals surface area contributed by atoms with Crippen LogP contribution in [-0.2, 0) is 16.6 Å².